The molecule has 7 nitrogen and oxygen atoms in total. The summed E-state index contributed by atoms with van der Waals surface area (Å²) < 4.78 is 15.5. The number of nitrogens with zero attached hydrogens (tertiary/aromatic N) is 2. The number of anilines is 1. The molecular formula is C16H21IN4O3. The van der Waals surface area contributed by atoms with Crippen LogP contribution in [0.3, 0.4) is 0 Å². The van der Waals surface area contributed by atoms with E-state index in [1.807, 2.05) is 18.2 Å². The van der Waals surface area contributed by atoms with E-state index in [1.165, 1.54) is 0 Å². The van der Waals surface area contributed by atoms with Crippen LogP contribution in [0.15, 0.2) is 41.5 Å². The van der Waals surface area contributed by atoms with Crippen molar-refractivity contribution in [3.05, 3.63) is 42.1 Å². The van der Waals surface area contributed by atoms with Gasteiger partial charge in [-0.05, 0) is 23.8 Å². The summed E-state index contributed by atoms with van der Waals surface area (Å²) in [6.07, 6.45) is 1.67. The van der Waals surface area contributed by atoms with Gasteiger partial charge < -0.3 is 25.3 Å². The van der Waals surface area contributed by atoms with Crippen molar-refractivity contribution in [1.82, 2.24) is 4.98 Å². The monoisotopic (exact) mass is 444 g/mol. The zero-order valence-electron chi connectivity index (χ0n) is 13.8. The Kier molecular flexibility index (Phi) is 8.10. The number of guanidine groups is 1. The molecule has 0 spiro atoms. The van der Waals surface area contributed by atoms with E-state index < -0.39 is 0 Å². The predicted molar refractivity (Wildman–Crippen MR) is 105 cm³/mol. The van der Waals surface area contributed by atoms with Crippen molar-refractivity contribution in [2.75, 3.05) is 26.6 Å². The van der Waals surface area contributed by atoms with Crippen molar-refractivity contribution in [1.29, 1.82) is 0 Å². The number of benzene rings is 1. The fourth-order valence-electron chi connectivity index (χ4n) is 1.94. The third-order valence-corrected chi connectivity index (χ3v) is 3.10. The third kappa shape index (κ3) is 5.44. The molecule has 0 aliphatic rings. The number of halogens is 1. The maximum absolute atomic E-state index is 5.91. The van der Waals surface area contributed by atoms with Crippen molar-refractivity contribution in [3.8, 4) is 17.4 Å². The molecule has 2 rings (SSSR count). The highest BCUT2D eigenvalue weighted by molar-refractivity contribution is 14.0. The second kappa shape index (κ2) is 9.81. The summed E-state index contributed by atoms with van der Waals surface area (Å²) in [6, 6.07) is 9.08. The first-order chi connectivity index (χ1) is 11.2. The van der Waals surface area contributed by atoms with Crippen LogP contribution in [0.25, 0.3) is 0 Å². The molecule has 3 N–H and O–H groups in total. The highest BCUT2D eigenvalue weighted by Gasteiger charge is 2.05. The summed E-state index contributed by atoms with van der Waals surface area (Å²) in [5, 5.41) is 3.01. The lowest BCUT2D eigenvalue weighted by Crippen LogP contribution is -2.22. The molecule has 1 aromatic heterocycles. The molecule has 0 amide bonds. The number of ether oxygens (including phenoxy) is 3. The van der Waals surface area contributed by atoms with E-state index in [9.17, 15) is 0 Å². The Balaban J connectivity index is 0.00000288. The number of hydrogen-bond donors (Lipinski definition) is 2. The van der Waals surface area contributed by atoms with Crippen LogP contribution in [0.2, 0.25) is 0 Å². The van der Waals surface area contributed by atoms with E-state index in [4.69, 9.17) is 19.9 Å². The molecule has 0 atom stereocenters. The van der Waals surface area contributed by atoms with E-state index in [-0.39, 0.29) is 24.0 Å². The number of hydrogen-bond acceptors (Lipinski definition) is 5. The predicted octanol–water partition coefficient (Wildman–Crippen LogP) is 2.65. The number of nitrogens with one attached hydrogen (secondary N) is 1. The van der Waals surface area contributed by atoms with Gasteiger partial charge in [-0.1, -0.05) is 0 Å². The van der Waals surface area contributed by atoms with Gasteiger partial charge in [0.15, 0.2) is 17.5 Å². The van der Waals surface area contributed by atoms with E-state index >= 15 is 0 Å². The Hall–Kier alpha value is -2.23. The number of pyridine rings is 1. The molecule has 0 aliphatic carbocycles. The minimum absolute atomic E-state index is 0. The molecule has 130 valence electrons. The molecule has 2 aromatic rings. The van der Waals surface area contributed by atoms with Gasteiger partial charge in [-0.3, -0.25) is 0 Å². The molecule has 0 aliphatic heterocycles. The van der Waals surface area contributed by atoms with Gasteiger partial charge in [0.2, 0.25) is 5.88 Å². The quantitative estimate of drug-likeness (QED) is 0.405. The van der Waals surface area contributed by atoms with E-state index in [0.29, 0.717) is 29.9 Å². The number of methoxy groups -OCH3 is 3. The van der Waals surface area contributed by atoms with Gasteiger partial charge in [-0.2, -0.15) is 0 Å². The van der Waals surface area contributed by atoms with Gasteiger partial charge in [0.25, 0.3) is 0 Å². The first-order valence-electron chi connectivity index (χ1n) is 6.94. The lowest BCUT2D eigenvalue weighted by Gasteiger charge is -2.11. The fraction of sp³-hybridized carbons (Fsp3) is 0.250. The molecule has 24 heavy (non-hydrogen) atoms. The molecule has 0 saturated carbocycles. The Morgan fingerprint density at radius 3 is 2.50 bits per heavy atom. The number of rotatable bonds is 6. The molecule has 0 bridgehead atoms. The Morgan fingerprint density at radius 1 is 1.08 bits per heavy atom. The zero-order chi connectivity index (χ0) is 16.7. The second-order valence-electron chi connectivity index (χ2n) is 4.60. The largest absolute Gasteiger partial charge is 0.493 e. The van der Waals surface area contributed by atoms with E-state index in [0.717, 1.165) is 11.3 Å². The normalized spacial score (nSPS) is 10.5. The Labute approximate surface area is 158 Å². The second-order valence-corrected chi connectivity index (χ2v) is 4.60. The number of aromatic nitrogens is 1. The van der Waals surface area contributed by atoms with Crippen molar-refractivity contribution in [3.63, 3.8) is 0 Å². The summed E-state index contributed by atoms with van der Waals surface area (Å²) in [7, 11) is 4.74. The molecule has 0 unspecified atom stereocenters. The molecule has 0 saturated heterocycles. The molecular weight excluding hydrogens is 423 g/mol. The van der Waals surface area contributed by atoms with Crippen molar-refractivity contribution >= 4 is 35.6 Å². The first-order valence-corrected chi connectivity index (χ1v) is 6.94. The third-order valence-electron chi connectivity index (χ3n) is 3.10. The van der Waals surface area contributed by atoms with Crippen molar-refractivity contribution < 1.29 is 14.2 Å². The summed E-state index contributed by atoms with van der Waals surface area (Å²) >= 11 is 0. The lowest BCUT2D eigenvalue weighted by molar-refractivity contribution is 0.355. The van der Waals surface area contributed by atoms with Gasteiger partial charge in [-0.25, -0.2) is 9.98 Å². The van der Waals surface area contributed by atoms with Crippen LogP contribution in [0.4, 0.5) is 5.69 Å². The highest BCUT2D eigenvalue weighted by Crippen LogP contribution is 2.29. The fourth-order valence-corrected chi connectivity index (χ4v) is 1.94. The van der Waals surface area contributed by atoms with Crippen LogP contribution in [-0.2, 0) is 6.54 Å². The minimum Gasteiger partial charge on any atom is -0.493 e. The SMILES string of the molecule is COc1cc(CN=C(N)Nc2ccc(OC)c(OC)c2)ccn1.I. The van der Waals surface area contributed by atoms with E-state index in [2.05, 4.69) is 15.3 Å². The number of nitrogens with two attached hydrogens (primary N) is 1. The van der Waals surface area contributed by atoms with Gasteiger partial charge >= 0.3 is 0 Å². The van der Waals surface area contributed by atoms with Crippen LogP contribution in [0, 0.1) is 0 Å². The molecule has 8 heteroatoms. The van der Waals surface area contributed by atoms with Crippen LogP contribution >= 0.6 is 24.0 Å². The molecule has 1 aromatic carbocycles. The van der Waals surface area contributed by atoms with E-state index in [1.54, 1.807) is 39.7 Å². The average molecular weight is 444 g/mol. The maximum atomic E-state index is 5.91. The zero-order valence-corrected chi connectivity index (χ0v) is 16.1. The minimum atomic E-state index is 0. The molecule has 0 radical (unpaired) electrons. The van der Waals surface area contributed by atoms with Crippen molar-refractivity contribution in [2.24, 2.45) is 10.7 Å². The van der Waals surface area contributed by atoms with Gasteiger partial charge in [-0.15, -0.1) is 24.0 Å². The van der Waals surface area contributed by atoms with Crippen LogP contribution in [-0.4, -0.2) is 32.3 Å². The summed E-state index contributed by atoms with van der Waals surface area (Å²) in [5.41, 5.74) is 7.62. The van der Waals surface area contributed by atoms with Gasteiger partial charge in [0, 0.05) is 24.0 Å². The number of aliphatic imine (C=N–C) groups is 1. The van der Waals surface area contributed by atoms with Crippen LogP contribution < -0.4 is 25.3 Å². The molecule has 0 fully saturated rings. The van der Waals surface area contributed by atoms with Crippen LogP contribution in [0.5, 0.6) is 17.4 Å². The highest BCUT2D eigenvalue weighted by atomic mass is 127. The van der Waals surface area contributed by atoms with Crippen molar-refractivity contribution in [2.45, 2.75) is 6.54 Å². The maximum Gasteiger partial charge on any atom is 0.213 e. The van der Waals surface area contributed by atoms with Crippen LogP contribution in [0.1, 0.15) is 5.56 Å². The summed E-state index contributed by atoms with van der Waals surface area (Å²) in [4.78, 5) is 8.34. The smallest absolute Gasteiger partial charge is 0.213 e. The Morgan fingerprint density at radius 2 is 1.83 bits per heavy atom. The summed E-state index contributed by atoms with van der Waals surface area (Å²) in [6.45, 7) is 0.422. The standard InChI is InChI=1S/C16H20N4O3.HI/c1-21-13-5-4-12(9-14(13)22-2)20-16(17)19-10-11-6-7-18-15(8-11)23-3;/h4-9H,10H2,1-3H3,(H3,17,19,20);1H. The van der Waals surface area contributed by atoms with Gasteiger partial charge in [0.1, 0.15) is 0 Å². The molecule has 1 heterocycles. The summed E-state index contributed by atoms with van der Waals surface area (Å²) in [5.74, 6) is 2.11. The Bertz CT molecular complexity index is 695. The average Bonchev–Trinajstić information content (AvgIpc) is 2.60. The first kappa shape index (κ1) is 19.8. The lowest BCUT2D eigenvalue weighted by atomic mass is 10.2. The van der Waals surface area contributed by atoms with Gasteiger partial charge in [0.05, 0.1) is 27.9 Å². The topological polar surface area (TPSA) is 91.0 Å².